The molecule has 0 spiro atoms. The molecule has 30 heavy (non-hydrogen) atoms. The Hall–Kier alpha value is -3.05. The van der Waals surface area contributed by atoms with Gasteiger partial charge < -0.3 is 15.3 Å². The Morgan fingerprint density at radius 2 is 1.83 bits per heavy atom. The fourth-order valence-electron chi connectivity index (χ4n) is 5.80. The van der Waals surface area contributed by atoms with Crippen LogP contribution in [0.4, 0.5) is 11.4 Å². The van der Waals surface area contributed by atoms with Crippen LogP contribution in [0.25, 0.3) is 10.8 Å². The number of phenols is 1. The summed E-state index contributed by atoms with van der Waals surface area (Å²) in [6.45, 7) is 1.92. The summed E-state index contributed by atoms with van der Waals surface area (Å²) in [5.41, 5.74) is 4.60. The molecule has 0 radical (unpaired) electrons. The van der Waals surface area contributed by atoms with Crippen molar-refractivity contribution in [2.45, 2.75) is 37.5 Å². The number of aromatic hydroxyl groups is 1. The van der Waals surface area contributed by atoms with Crippen molar-refractivity contribution in [2.75, 3.05) is 23.3 Å². The van der Waals surface area contributed by atoms with Crippen LogP contribution in [0, 0.1) is 0 Å². The van der Waals surface area contributed by atoms with E-state index in [4.69, 9.17) is 0 Å². The first-order valence-electron chi connectivity index (χ1n) is 10.8. The third-order valence-electron chi connectivity index (χ3n) is 7.14. The fourth-order valence-corrected chi connectivity index (χ4v) is 5.80. The van der Waals surface area contributed by atoms with Crippen LogP contribution in [0.1, 0.15) is 30.0 Å². The predicted molar refractivity (Wildman–Crippen MR) is 119 cm³/mol. The number of nitrogens with zero attached hydrogens (tertiary/aromatic N) is 2. The van der Waals surface area contributed by atoms with Crippen LogP contribution in [-0.4, -0.2) is 41.6 Å². The van der Waals surface area contributed by atoms with Gasteiger partial charge >= 0.3 is 0 Å². The van der Waals surface area contributed by atoms with Gasteiger partial charge in [0.2, 0.25) is 0 Å². The lowest BCUT2D eigenvalue weighted by molar-refractivity contribution is -0.108. The highest BCUT2D eigenvalue weighted by atomic mass is 16.3. The number of likely N-dealkylation sites (tertiary alicyclic amines) is 1. The number of hydrogen-bond acceptors (Lipinski definition) is 5. The van der Waals surface area contributed by atoms with Crippen LogP contribution in [0.2, 0.25) is 0 Å². The van der Waals surface area contributed by atoms with E-state index in [9.17, 15) is 9.90 Å². The van der Waals surface area contributed by atoms with Gasteiger partial charge in [-0.25, -0.2) is 0 Å². The Bertz CT molecular complexity index is 1140. The van der Waals surface area contributed by atoms with Crippen molar-refractivity contribution in [1.82, 2.24) is 4.90 Å². The molecule has 3 aromatic carbocycles. The summed E-state index contributed by atoms with van der Waals surface area (Å²) in [6.07, 6.45) is 3.69. The molecule has 2 atom stereocenters. The lowest BCUT2D eigenvalue weighted by atomic mass is 9.97. The first-order valence-corrected chi connectivity index (χ1v) is 10.8. The lowest BCUT2D eigenvalue weighted by Crippen LogP contribution is -2.50. The van der Waals surface area contributed by atoms with Crippen LogP contribution >= 0.6 is 0 Å². The largest absolute Gasteiger partial charge is 0.508 e. The number of hydrogen-bond donors (Lipinski definition) is 2. The number of carbonyl (C=O) groups excluding carboxylic acids is 1. The summed E-state index contributed by atoms with van der Waals surface area (Å²) < 4.78 is 0. The Morgan fingerprint density at radius 1 is 1.00 bits per heavy atom. The average Bonchev–Trinajstić information content (AvgIpc) is 3.36. The molecule has 0 saturated carbocycles. The number of aldehydes is 1. The maximum atomic E-state index is 11.7. The van der Waals surface area contributed by atoms with Gasteiger partial charge in [0.25, 0.3) is 0 Å². The van der Waals surface area contributed by atoms with Crippen LogP contribution in [0.3, 0.4) is 0 Å². The SMILES string of the molecule is O=CC1Nc2ccccc2N1C1CCN(C2Cc3cccc4ccc(O)c2c34)CC1. The predicted octanol–water partition coefficient (Wildman–Crippen LogP) is 4.06. The van der Waals surface area contributed by atoms with E-state index in [0.29, 0.717) is 11.8 Å². The highest BCUT2D eigenvalue weighted by molar-refractivity contribution is 5.93. The monoisotopic (exact) mass is 399 g/mol. The second-order valence-corrected chi connectivity index (χ2v) is 8.65. The molecule has 1 fully saturated rings. The molecule has 0 amide bonds. The number of carbonyl (C=O) groups is 1. The van der Waals surface area contributed by atoms with Gasteiger partial charge in [0, 0.05) is 30.7 Å². The number of phenolic OH excluding ortho intramolecular Hbond substituents is 1. The van der Waals surface area contributed by atoms with Gasteiger partial charge in [0.05, 0.1) is 11.4 Å². The molecule has 152 valence electrons. The Morgan fingerprint density at radius 3 is 2.67 bits per heavy atom. The smallest absolute Gasteiger partial charge is 0.162 e. The average molecular weight is 399 g/mol. The third kappa shape index (κ3) is 2.55. The number of fused-ring (bicyclic) bond motifs is 1. The van der Waals surface area contributed by atoms with E-state index in [1.165, 1.54) is 16.3 Å². The van der Waals surface area contributed by atoms with E-state index in [-0.39, 0.29) is 12.2 Å². The van der Waals surface area contributed by atoms with Crippen molar-refractivity contribution in [2.24, 2.45) is 0 Å². The molecule has 2 aliphatic heterocycles. The molecule has 3 aliphatic rings. The first-order chi connectivity index (χ1) is 14.7. The van der Waals surface area contributed by atoms with Crippen molar-refractivity contribution in [1.29, 1.82) is 0 Å². The van der Waals surface area contributed by atoms with Crippen LogP contribution < -0.4 is 10.2 Å². The fraction of sp³-hybridized carbons (Fsp3) is 0.320. The molecule has 6 rings (SSSR count). The van der Waals surface area contributed by atoms with Gasteiger partial charge in [0.1, 0.15) is 5.75 Å². The Labute approximate surface area is 175 Å². The number of piperidine rings is 1. The molecule has 5 nitrogen and oxygen atoms in total. The van der Waals surface area contributed by atoms with Crippen molar-refractivity contribution in [3.05, 3.63) is 65.7 Å². The zero-order valence-electron chi connectivity index (χ0n) is 16.8. The normalized spacial score (nSPS) is 23.5. The Balaban J connectivity index is 1.25. The number of nitrogens with one attached hydrogen (secondary N) is 1. The molecule has 2 unspecified atom stereocenters. The molecule has 0 bridgehead atoms. The van der Waals surface area contributed by atoms with Crippen molar-refractivity contribution < 1.29 is 9.90 Å². The van der Waals surface area contributed by atoms with E-state index >= 15 is 0 Å². The van der Waals surface area contributed by atoms with Gasteiger partial charge in [0.15, 0.2) is 12.5 Å². The highest BCUT2D eigenvalue weighted by Gasteiger charge is 2.38. The van der Waals surface area contributed by atoms with Gasteiger partial charge in [-0.1, -0.05) is 36.4 Å². The van der Waals surface area contributed by atoms with E-state index in [1.807, 2.05) is 30.3 Å². The van der Waals surface area contributed by atoms with Gasteiger partial charge in [-0.15, -0.1) is 0 Å². The van der Waals surface area contributed by atoms with Gasteiger partial charge in [-0.05, 0) is 53.8 Å². The summed E-state index contributed by atoms with van der Waals surface area (Å²) in [6, 6.07) is 19.1. The maximum Gasteiger partial charge on any atom is 0.162 e. The highest BCUT2D eigenvalue weighted by Crippen LogP contribution is 2.46. The first kappa shape index (κ1) is 17.8. The summed E-state index contributed by atoms with van der Waals surface area (Å²) in [5, 5.41) is 16.5. The minimum atomic E-state index is -0.285. The third-order valence-corrected chi connectivity index (χ3v) is 7.14. The molecule has 1 saturated heterocycles. The molecule has 5 heteroatoms. The quantitative estimate of drug-likeness (QED) is 0.651. The maximum absolute atomic E-state index is 11.7. The minimum Gasteiger partial charge on any atom is -0.508 e. The van der Waals surface area contributed by atoms with E-state index in [0.717, 1.165) is 55.6 Å². The molecular weight excluding hydrogens is 374 g/mol. The van der Waals surface area contributed by atoms with Gasteiger partial charge in [-0.2, -0.15) is 0 Å². The number of rotatable bonds is 3. The molecule has 1 aliphatic carbocycles. The molecule has 2 heterocycles. The van der Waals surface area contributed by atoms with Crippen LogP contribution in [-0.2, 0) is 11.2 Å². The zero-order chi connectivity index (χ0) is 20.2. The van der Waals surface area contributed by atoms with Crippen LogP contribution in [0.5, 0.6) is 5.75 Å². The van der Waals surface area contributed by atoms with E-state index in [2.05, 4.69) is 39.4 Å². The summed E-state index contributed by atoms with van der Waals surface area (Å²) in [5.74, 6) is 0.415. The summed E-state index contributed by atoms with van der Waals surface area (Å²) in [4.78, 5) is 16.5. The van der Waals surface area contributed by atoms with Crippen LogP contribution in [0.15, 0.2) is 54.6 Å². The number of anilines is 2. The second kappa shape index (κ2) is 6.74. The lowest BCUT2D eigenvalue weighted by Gasteiger charge is -2.41. The van der Waals surface area contributed by atoms with Crippen molar-refractivity contribution >= 4 is 28.4 Å². The topological polar surface area (TPSA) is 55.8 Å². The summed E-state index contributed by atoms with van der Waals surface area (Å²) >= 11 is 0. The zero-order valence-corrected chi connectivity index (χ0v) is 16.8. The van der Waals surface area contributed by atoms with Crippen molar-refractivity contribution in [3.63, 3.8) is 0 Å². The summed E-state index contributed by atoms with van der Waals surface area (Å²) in [7, 11) is 0. The van der Waals surface area contributed by atoms with E-state index < -0.39 is 0 Å². The molecule has 3 aromatic rings. The minimum absolute atomic E-state index is 0.234. The van der Waals surface area contributed by atoms with E-state index in [1.54, 1.807) is 0 Å². The standard InChI is InChI=1S/C25H25N3O2/c29-15-23-26-19-6-1-2-7-20(19)28(23)18-10-12-27(13-11-18)21-14-17-5-3-4-16-8-9-22(30)25(21)24(16)17/h1-9,15,18,21,23,26,30H,10-14H2. The Kier molecular flexibility index (Phi) is 4.00. The molecule has 0 aromatic heterocycles. The molecular formula is C25H25N3O2. The molecule has 2 N–H and O–H groups in total. The number of benzene rings is 3. The second-order valence-electron chi connectivity index (χ2n) is 8.65. The van der Waals surface area contributed by atoms with Crippen molar-refractivity contribution in [3.8, 4) is 5.75 Å². The number of para-hydroxylation sites is 2. The van der Waals surface area contributed by atoms with Gasteiger partial charge in [-0.3, -0.25) is 9.69 Å².